The van der Waals surface area contributed by atoms with Crippen LogP contribution in [0.25, 0.3) is 99.8 Å². The van der Waals surface area contributed by atoms with E-state index < -0.39 is 0 Å². The Morgan fingerprint density at radius 2 is 0.902 bits per heavy atom. The zero-order valence-corrected chi connectivity index (χ0v) is 35.1. The predicted molar refractivity (Wildman–Crippen MR) is 252 cm³/mol. The third-order valence-electron chi connectivity index (χ3n) is 12.6. The van der Waals surface area contributed by atoms with Crippen LogP contribution in [0.3, 0.4) is 0 Å². The monoisotopic (exact) mass is 786 g/mol. The molecule has 3 aromatic heterocycles. The van der Waals surface area contributed by atoms with Gasteiger partial charge in [0.1, 0.15) is 11.6 Å². The number of nitriles is 1. The maximum Gasteiger partial charge on any atom is 0.229 e. The Hall–Kier alpha value is -7.68. The summed E-state index contributed by atoms with van der Waals surface area (Å²) in [6.45, 7) is 13.0. The molecular weight excluding hydrogens is 745 g/mol. The molecule has 11 rings (SSSR count). The number of benzene rings is 8. The van der Waals surface area contributed by atoms with Crippen molar-refractivity contribution in [3.8, 4) is 51.2 Å². The lowest BCUT2D eigenvalue weighted by Gasteiger charge is -2.29. The van der Waals surface area contributed by atoms with E-state index in [4.69, 9.17) is 9.40 Å². The predicted octanol–water partition coefficient (Wildman–Crippen LogP) is 14.7. The largest absolute Gasteiger partial charge is 0.436 e. The third-order valence-corrected chi connectivity index (χ3v) is 12.6. The molecule has 0 bridgehead atoms. The number of hydrogen-bond acceptors (Lipinski definition) is 3. The molecule has 3 heterocycles. The normalized spacial score (nSPS) is 11.8. The zero-order valence-electron chi connectivity index (χ0n) is 35.1. The second kappa shape index (κ2) is 13.7. The molecule has 0 aliphatic heterocycles. The summed E-state index contributed by atoms with van der Waals surface area (Å²) in [7, 11) is 0. The van der Waals surface area contributed by atoms with Crippen LogP contribution >= 0.6 is 0 Å². The van der Waals surface area contributed by atoms with Crippen LogP contribution < -0.4 is 0 Å². The summed E-state index contributed by atoms with van der Waals surface area (Å²) in [6, 6.07) is 54.5. The maximum absolute atomic E-state index is 12.0. The lowest BCUT2D eigenvalue weighted by molar-refractivity contribution is 0.620. The van der Waals surface area contributed by atoms with Crippen molar-refractivity contribution in [1.29, 1.82) is 5.26 Å². The molecule has 0 saturated carbocycles. The van der Waals surface area contributed by atoms with Crippen molar-refractivity contribution in [2.45, 2.75) is 41.5 Å². The highest BCUT2D eigenvalue weighted by molar-refractivity contribution is 6.15. The first-order chi connectivity index (χ1) is 29.7. The van der Waals surface area contributed by atoms with Crippen molar-refractivity contribution < 1.29 is 4.42 Å². The summed E-state index contributed by atoms with van der Waals surface area (Å²) >= 11 is 0. The molecule has 292 valence electrons. The number of nitrogens with zero attached hydrogens (tertiary/aromatic N) is 4. The SMILES string of the molecule is Cc1ccc2c(c1)c1ccccc1n2-c1c(-c2c(C)cccc2C)c(C#N)c(-c2nc3ccccc3o2)c(-c2c(C)cccc2C)c1-n1c2ccccc2c2cc(C)ccc21. The summed E-state index contributed by atoms with van der Waals surface area (Å²) in [5, 5.41) is 16.6. The third kappa shape index (κ3) is 5.35. The van der Waals surface area contributed by atoms with Gasteiger partial charge in [0.25, 0.3) is 0 Å². The molecule has 0 unspecified atom stereocenters. The first kappa shape index (κ1) is 36.4. The van der Waals surface area contributed by atoms with Gasteiger partial charge in [-0.15, -0.1) is 0 Å². The summed E-state index contributed by atoms with van der Waals surface area (Å²) in [5.41, 5.74) is 19.2. The van der Waals surface area contributed by atoms with Gasteiger partial charge in [-0.1, -0.05) is 108 Å². The molecule has 11 aromatic rings. The van der Waals surface area contributed by atoms with Crippen LogP contribution in [0.1, 0.15) is 38.9 Å². The summed E-state index contributed by atoms with van der Waals surface area (Å²) in [5.74, 6) is 0.408. The van der Waals surface area contributed by atoms with Crippen molar-refractivity contribution in [3.05, 3.63) is 185 Å². The minimum Gasteiger partial charge on any atom is -0.436 e. The van der Waals surface area contributed by atoms with Gasteiger partial charge in [-0.3, -0.25) is 0 Å². The molecule has 8 aromatic carbocycles. The first-order valence-electron chi connectivity index (χ1n) is 20.9. The van der Waals surface area contributed by atoms with Gasteiger partial charge < -0.3 is 13.6 Å². The quantitative estimate of drug-likeness (QED) is 0.175. The Bertz CT molecular complexity index is 3610. The number of aromatic nitrogens is 3. The van der Waals surface area contributed by atoms with Gasteiger partial charge in [0.2, 0.25) is 5.89 Å². The summed E-state index contributed by atoms with van der Waals surface area (Å²) in [4.78, 5) is 5.24. The molecule has 0 aliphatic rings. The molecule has 0 N–H and O–H groups in total. The number of hydrogen-bond donors (Lipinski definition) is 0. The number of fused-ring (bicyclic) bond motifs is 7. The fraction of sp³-hybridized carbons (Fsp3) is 0.107. The van der Waals surface area contributed by atoms with Crippen molar-refractivity contribution >= 4 is 54.7 Å². The molecule has 0 aliphatic carbocycles. The van der Waals surface area contributed by atoms with Gasteiger partial charge in [-0.05, 0) is 123 Å². The number of oxazole rings is 1. The Kier molecular flexibility index (Phi) is 8.17. The van der Waals surface area contributed by atoms with E-state index in [9.17, 15) is 5.26 Å². The zero-order chi connectivity index (χ0) is 41.7. The summed E-state index contributed by atoms with van der Waals surface area (Å²) in [6.07, 6.45) is 0. The Morgan fingerprint density at radius 1 is 0.443 bits per heavy atom. The van der Waals surface area contributed by atoms with E-state index in [1.807, 2.05) is 24.3 Å². The fourth-order valence-corrected chi connectivity index (χ4v) is 10.0. The molecule has 0 fully saturated rings. The number of rotatable bonds is 5. The highest BCUT2D eigenvalue weighted by Crippen LogP contribution is 2.54. The average molecular weight is 787 g/mol. The number of para-hydroxylation sites is 4. The second-order valence-electron chi connectivity index (χ2n) is 16.6. The Morgan fingerprint density at radius 3 is 1.43 bits per heavy atom. The van der Waals surface area contributed by atoms with Crippen LogP contribution in [0, 0.1) is 52.9 Å². The highest BCUT2D eigenvalue weighted by atomic mass is 16.3. The van der Waals surface area contributed by atoms with E-state index in [1.165, 1.54) is 11.1 Å². The van der Waals surface area contributed by atoms with Gasteiger partial charge in [-0.2, -0.15) is 5.26 Å². The smallest absolute Gasteiger partial charge is 0.229 e. The van der Waals surface area contributed by atoms with E-state index >= 15 is 0 Å². The van der Waals surface area contributed by atoms with Crippen LogP contribution in [0.15, 0.2) is 150 Å². The van der Waals surface area contributed by atoms with Crippen LogP contribution in [-0.2, 0) is 0 Å². The van der Waals surface area contributed by atoms with Crippen molar-refractivity contribution in [2.24, 2.45) is 0 Å². The maximum atomic E-state index is 12.0. The Balaban J connectivity index is 1.54. The molecule has 0 atom stereocenters. The topological polar surface area (TPSA) is 59.7 Å². The van der Waals surface area contributed by atoms with E-state index in [2.05, 4.69) is 178 Å². The minimum atomic E-state index is 0.408. The van der Waals surface area contributed by atoms with Crippen molar-refractivity contribution in [2.75, 3.05) is 0 Å². The van der Waals surface area contributed by atoms with Crippen LogP contribution in [0.2, 0.25) is 0 Å². The molecular formula is C56H42N4O. The standard InChI is InChI=1S/C56H42N4O/c1-32-25-27-46-40(29-32)38-19-7-10-22-44(38)59(46)54-51(49-34(3)15-13-16-35(49)4)42(31-57)52(56-58-43-21-9-12-24-48(43)61-56)53(50-36(5)17-14-18-37(50)6)55(54)60-45-23-11-8-20-39(45)41-30-33(2)26-28-47(41)60/h7-30H,1-6H3. The lowest BCUT2D eigenvalue weighted by atomic mass is 9.81. The van der Waals surface area contributed by atoms with Gasteiger partial charge in [0, 0.05) is 32.7 Å². The second-order valence-corrected chi connectivity index (χ2v) is 16.6. The average Bonchev–Trinajstić information content (AvgIpc) is 3.93. The van der Waals surface area contributed by atoms with Crippen LogP contribution in [0.5, 0.6) is 0 Å². The van der Waals surface area contributed by atoms with E-state index in [0.717, 1.165) is 105 Å². The summed E-state index contributed by atoms with van der Waals surface area (Å²) < 4.78 is 11.8. The lowest BCUT2D eigenvalue weighted by Crippen LogP contribution is -2.13. The molecule has 5 heteroatoms. The minimum absolute atomic E-state index is 0.408. The van der Waals surface area contributed by atoms with Crippen molar-refractivity contribution in [1.82, 2.24) is 14.1 Å². The highest BCUT2D eigenvalue weighted by Gasteiger charge is 2.35. The van der Waals surface area contributed by atoms with Gasteiger partial charge in [0.05, 0.1) is 44.6 Å². The van der Waals surface area contributed by atoms with Crippen LogP contribution in [-0.4, -0.2) is 14.1 Å². The number of aryl methyl sites for hydroxylation is 6. The van der Waals surface area contributed by atoms with E-state index in [-0.39, 0.29) is 0 Å². The van der Waals surface area contributed by atoms with E-state index in [0.29, 0.717) is 22.6 Å². The van der Waals surface area contributed by atoms with Gasteiger partial charge >= 0.3 is 0 Å². The molecule has 0 radical (unpaired) electrons. The van der Waals surface area contributed by atoms with Crippen LogP contribution in [0.4, 0.5) is 0 Å². The molecule has 0 saturated heterocycles. The fourth-order valence-electron chi connectivity index (χ4n) is 10.0. The van der Waals surface area contributed by atoms with Gasteiger partial charge in [0.15, 0.2) is 5.58 Å². The Labute approximate surface area is 354 Å². The molecule has 0 spiro atoms. The molecule has 0 amide bonds. The van der Waals surface area contributed by atoms with E-state index in [1.54, 1.807) is 0 Å². The van der Waals surface area contributed by atoms with Crippen molar-refractivity contribution in [3.63, 3.8) is 0 Å². The molecule has 61 heavy (non-hydrogen) atoms. The van der Waals surface area contributed by atoms with Gasteiger partial charge in [-0.25, -0.2) is 4.98 Å². The first-order valence-corrected chi connectivity index (χ1v) is 20.9. The molecule has 5 nitrogen and oxygen atoms in total.